The van der Waals surface area contributed by atoms with E-state index in [0.29, 0.717) is 0 Å². The van der Waals surface area contributed by atoms with Gasteiger partial charge in [0.05, 0.1) is 0 Å². The summed E-state index contributed by atoms with van der Waals surface area (Å²) >= 11 is 2.18. The molecule has 1 atom stereocenters. The van der Waals surface area contributed by atoms with Crippen molar-refractivity contribution in [1.29, 1.82) is 0 Å². The molecule has 14 heavy (non-hydrogen) atoms. The van der Waals surface area contributed by atoms with E-state index >= 15 is 0 Å². The van der Waals surface area contributed by atoms with Gasteiger partial charge in [-0.15, -0.1) is 6.58 Å². The van der Waals surface area contributed by atoms with Gasteiger partial charge in [0.2, 0.25) is 0 Å². The van der Waals surface area contributed by atoms with Crippen LogP contribution in [0, 0.1) is 3.57 Å². The van der Waals surface area contributed by atoms with Crippen LogP contribution in [0.3, 0.4) is 0 Å². The molecule has 2 rings (SSSR count). The van der Waals surface area contributed by atoms with E-state index in [4.69, 9.17) is 5.73 Å². The lowest BCUT2D eigenvalue weighted by molar-refractivity contribution is -0.119. The van der Waals surface area contributed by atoms with Gasteiger partial charge < -0.3 is 11.1 Å². The van der Waals surface area contributed by atoms with E-state index in [0.717, 1.165) is 14.8 Å². The van der Waals surface area contributed by atoms with Gasteiger partial charge in [0.15, 0.2) is 0 Å². The molecule has 0 fully saturated rings. The van der Waals surface area contributed by atoms with Crippen molar-refractivity contribution in [2.75, 3.05) is 5.32 Å². The predicted octanol–water partition coefficient (Wildman–Crippen LogP) is 1.58. The molecule has 0 spiro atoms. The van der Waals surface area contributed by atoms with E-state index in [1.807, 2.05) is 18.2 Å². The van der Waals surface area contributed by atoms with Crippen molar-refractivity contribution in [2.45, 2.75) is 5.54 Å². The van der Waals surface area contributed by atoms with E-state index in [9.17, 15) is 4.79 Å². The average Bonchev–Trinajstić information content (AvgIpc) is 2.41. The van der Waals surface area contributed by atoms with Gasteiger partial charge in [0.25, 0.3) is 5.91 Å². The van der Waals surface area contributed by atoms with Crippen LogP contribution in [0.15, 0.2) is 30.9 Å². The van der Waals surface area contributed by atoms with E-state index in [-0.39, 0.29) is 5.91 Å². The second kappa shape index (κ2) is 3.06. The number of nitrogens with two attached hydrogens (primary N) is 1. The lowest BCUT2D eigenvalue weighted by Crippen LogP contribution is -2.41. The Morgan fingerprint density at radius 3 is 2.93 bits per heavy atom. The zero-order valence-electron chi connectivity index (χ0n) is 7.38. The number of nitrogens with one attached hydrogen (secondary N) is 1. The summed E-state index contributed by atoms with van der Waals surface area (Å²) in [7, 11) is 0. The van der Waals surface area contributed by atoms with Gasteiger partial charge in [-0.3, -0.25) is 4.79 Å². The summed E-state index contributed by atoms with van der Waals surface area (Å²) in [6, 6.07) is 5.68. The van der Waals surface area contributed by atoms with Gasteiger partial charge in [-0.05, 0) is 40.8 Å². The zero-order chi connectivity index (χ0) is 10.3. The van der Waals surface area contributed by atoms with Crippen LogP contribution in [0.5, 0.6) is 0 Å². The van der Waals surface area contributed by atoms with Gasteiger partial charge in [-0.2, -0.15) is 0 Å². The SMILES string of the molecule is C=C[C@@]1(N)C(=O)Nc2ccc(I)cc21. The molecule has 0 unspecified atom stereocenters. The minimum absolute atomic E-state index is 0.218. The fraction of sp³-hybridized carbons (Fsp3) is 0.100. The van der Waals surface area contributed by atoms with Crippen LogP contribution in [0.25, 0.3) is 0 Å². The normalized spacial score (nSPS) is 24.3. The highest BCUT2D eigenvalue weighted by atomic mass is 127. The van der Waals surface area contributed by atoms with E-state index < -0.39 is 5.54 Å². The summed E-state index contributed by atoms with van der Waals surface area (Å²) in [5.74, 6) is -0.218. The van der Waals surface area contributed by atoms with Gasteiger partial charge in [-0.1, -0.05) is 6.08 Å². The molecular formula is C10H9IN2O. The first-order valence-electron chi connectivity index (χ1n) is 4.12. The van der Waals surface area contributed by atoms with Crippen LogP contribution < -0.4 is 11.1 Å². The number of benzene rings is 1. The Labute approximate surface area is 95.5 Å². The maximum Gasteiger partial charge on any atom is 0.253 e. The lowest BCUT2D eigenvalue weighted by atomic mass is 9.93. The highest BCUT2D eigenvalue weighted by molar-refractivity contribution is 14.1. The molecule has 3 N–H and O–H groups in total. The fourth-order valence-corrected chi connectivity index (χ4v) is 2.01. The summed E-state index contributed by atoms with van der Waals surface area (Å²) in [4.78, 5) is 11.6. The van der Waals surface area contributed by atoms with Crippen LogP contribution in [0.1, 0.15) is 5.56 Å². The second-order valence-electron chi connectivity index (χ2n) is 3.22. The highest BCUT2D eigenvalue weighted by Crippen LogP contribution is 2.35. The number of fused-ring (bicyclic) bond motifs is 1. The molecule has 1 aliphatic heterocycles. The Hall–Kier alpha value is -0.880. The summed E-state index contributed by atoms with van der Waals surface area (Å²) in [5.41, 5.74) is 6.45. The van der Waals surface area contributed by atoms with Crippen molar-refractivity contribution in [3.05, 3.63) is 40.0 Å². The van der Waals surface area contributed by atoms with Gasteiger partial charge in [0, 0.05) is 14.8 Å². The third-order valence-corrected chi connectivity index (χ3v) is 3.04. The van der Waals surface area contributed by atoms with Gasteiger partial charge in [0.1, 0.15) is 5.54 Å². The molecule has 1 aromatic rings. The van der Waals surface area contributed by atoms with Crippen LogP contribution in [-0.4, -0.2) is 5.91 Å². The minimum atomic E-state index is -1.07. The molecular weight excluding hydrogens is 291 g/mol. The molecule has 1 aromatic carbocycles. The lowest BCUT2D eigenvalue weighted by Gasteiger charge is -2.16. The molecule has 3 nitrogen and oxygen atoms in total. The quantitative estimate of drug-likeness (QED) is 0.611. The Bertz CT molecular complexity index is 430. The maximum atomic E-state index is 11.6. The van der Waals surface area contributed by atoms with Crippen molar-refractivity contribution < 1.29 is 4.79 Å². The van der Waals surface area contributed by atoms with E-state index in [1.54, 1.807) is 0 Å². The van der Waals surface area contributed by atoms with Crippen molar-refractivity contribution >= 4 is 34.2 Å². The summed E-state index contributed by atoms with van der Waals surface area (Å²) in [5, 5.41) is 2.73. The molecule has 0 saturated heterocycles. The number of hydrogen-bond acceptors (Lipinski definition) is 2. The smallest absolute Gasteiger partial charge is 0.253 e. The van der Waals surface area contributed by atoms with Crippen molar-refractivity contribution in [3.8, 4) is 0 Å². The van der Waals surface area contributed by atoms with Crippen LogP contribution in [0.4, 0.5) is 5.69 Å². The molecule has 1 heterocycles. The first-order valence-corrected chi connectivity index (χ1v) is 5.20. The standard InChI is InChI=1S/C10H9IN2O/c1-2-10(12)7-5-6(11)3-4-8(7)13-9(10)14/h2-5H,1,12H2,(H,13,14)/t10-/m0/s1. The number of amides is 1. The van der Waals surface area contributed by atoms with Crippen LogP contribution in [-0.2, 0) is 10.3 Å². The number of anilines is 1. The third kappa shape index (κ3) is 1.18. The molecule has 1 aliphatic rings. The number of hydrogen-bond donors (Lipinski definition) is 2. The first-order chi connectivity index (χ1) is 6.58. The molecule has 0 aliphatic carbocycles. The molecule has 72 valence electrons. The minimum Gasteiger partial charge on any atom is -0.324 e. The van der Waals surface area contributed by atoms with E-state index in [2.05, 4.69) is 34.5 Å². The largest absolute Gasteiger partial charge is 0.324 e. The average molecular weight is 300 g/mol. The number of rotatable bonds is 1. The molecule has 4 heteroatoms. The zero-order valence-corrected chi connectivity index (χ0v) is 9.54. The van der Waals surface area contributed by atoms with Crippen molar-refractivity contribution in [3.63, 3.8) is 0 Å². The molecule has 0 bridgehead atoms. The highest BCUT2D eigenvalue weighted by Gasteiger charge is 2.40. The van der Waals surface area contributed by atoms with E-state index in [1.165, 1.54) is 6.08 Å². The predicted molar refractivity (Wildman–Crippen MR) is 63.9 cm³/mol. The summed E-state index contributed by atoms with van der Waals surface area (Å²) in [6.07, 6.45) is 1.48. The fourth-order valence-electron chi connectivity index (χ4n) is 1.52. The maximum absolute atomic E-state index is 11.6. The van der Waals surface area contributed by atoms with Gasteiger partial charge >= 0.3 is 0 Å². The third-order valence-electron chi connectivity index (χ3n) is 2.37. The Morgan fingerprint density at radius 2 is 2.29 bits per heavy atom. The monoisotopic (exact) mass is 300 g/mol. The molecule has 1 amide bonds. The van der Waals surface area contributed by atoms with Crippen LogP contribution in [0.2, 0.25) is 0 Å². The number of carbonyl (C=O) groups is 1. The molecule has 0 radical (unpaired) electrons. The Morgan fingerprint density at radius 1 is 1.57 bits per heavy atom. The van der Waals surface area contributed by atoms with Gasteiger partial charge in [-0.25, -0.2) is 0 Å². The summed E-state index contributed by atoms with van der Waals surface area (Å²) < 4.78 is 1.05. The Kier molecular flexibility index (Phi) is 2.11. The van der Waals surface area contributed by atoms with Crippen molar-refractivity contribution in [1.82, 2.24) is 0 Å². The first kappa shape index (κ1) is 9.67. The topological polar surface area (TPSA) is 55.1 Å². The van der Waals surface area contributed by atoms with Crippen molar-refractivity contribution in [2.24, 2.45) is 5.73 Å². The molecule has 0 saturated carbocycles. The number of halogens is 1. The molecule has 0 aromatic heterocycles. The Balaban J connectivity index is 2.67. The second-order valence-corrected chi connectivity index (χ2v) is 4.46. The number of carbonyl (C=O) groups excluding carboxylic acids is 1. The van der Waals surface area contributed by atoms with Crippen LogP contribution >= 0.6 is 22.6 Å². The summed E-state index contributed by atoms with van der Waals surface area (Å²) in [6.45, 7) is 3.61.